The molecule has 0 aliphatic carbocycles. The summed E-state index contributed by atoms with van der Waals surface area (Å²) in [6.07, 6.45) is 4.43. The number of piperazine rings is 1. The van der Waals surface area contributed by atoms with Crippen molar-refractivity contribution in [1.29, 1.82) is 0 Å². The first-order valence-electron chi connectivity index (χ1n) is 9.32. The van der Waals surface area contributed by atoms with E-state index in [0.29, 0.717) is 5.84 Å². The van der Waals surface area contributed by atoms with Gasteiger partial charge in [-0.25, -0.2) is 0 Å². The van der Waals surface area contributed by atoms with Crippen molar-refractivity contribution in [1.82, 2.24) is 15.2 Å². The average Bonchev–Trinajstić information content (AvgIpc) is 3.25. The van der Waals surface area contributed by atoms with Crippen LogP contribution in [0.1, 0.15) is 17.2 Å². The van der Waals surface area contributed by atoms with Gasteiger partial charge in [0.2, 0.25) is 0 Å². The fraction of sp³-hybridized carbons (Fsp3) is 0.286. The monoisotopic (exact) mass is 359 g/mol. The van der Waals surface area contributed by atoms with Gasteiger partial charge in [0.1, 0.15) is 0 Å². The van der Waals surface area contributed by atoms with Crippen LogP contribution in [0.2, 0.25) is 0 Å². The molecule has 0 amide bonds. The van der Waals surface area contributed by atoms with E-state index in [4.69, 9.17) is 0 Å². The number of benzene rings is 2. The van der Waals surface area contributed by atoms with Crippen LogP contribution in [-0.2, 0) is 0 Å². The van der Waals surface area contributed by atoms with E-state index in [2.05, 4.69) is 91.5 Å². The third kappa shape index (κ3) is 4.48. The van der Waals surface area contributed by atoms with Crippen molar-refractivity contribution in [2.24, 2.45) is 15.5 Å². The van der Waals surface area contributed by atoms with Gasteiger partial charge in [0.25, 0.3) is 0 Å². The number of hydrogen-bond donors (Lipinski definition) is 0. The quantitative estimate of drug-likeness (QED) is 0.794. The Morgan fingerprint density at radius 1 is 0.852 bits per heavy atom. The van der Waals surface area contributed by atoms with E-state index in [-0.39, 0.29) is 6.04 Å². The molecule has 4 rings (SSSR count). The first-order chi connectivity index (χ1) is 13.4. The third-order valence-corrected chi connectivity index (χ3v) is 4.94. The van der Waals surface area contributed by atoms with Gasteiger partial charge in [-0.05, 0) is 21.6 Å². The van der Waals surface area contributed by atoms with Crippen LogP contribution in [0, 0.1) is 0 Å². The number of hydrogen-bond acceptors (Lipinski definition) is 5. The Balaban J connectivity index is 1.36. The molecule has 2 aliphatic heterocycles. The maximum absolute atomic E-state index is 4.13. The molecule has 0 bridgehead atoms. The van der Waals surface area contributed by atoms with E-state index < -0.39 is 0 Å². The lowest BCUT2D eigenvalue weighted by atomic mass is 10.0. The SMILES string of the molecule is C(=Cc1ccccc1)CN1CCN(C(C2=NN=N[N]2)c2ccccc2)CC1. The lowest BCUT2D eigenvalue weighted by Gasteiger charge is -2.38. The first kappa shape index (κ1) is 17.6. The van der Waals surface area contributed by atoms with Crippen LogP contribution in [0.25, 0.3) is 6.08 Å². The zero-order valence-electron chi connectivity index (χ0n) is 15.2. The van der Waals surface area contributed by atoms with Crippen LogP contribution < -0.4 is 5.43 Å². The Bertz CT molecular complexity index is 807. The zero-order valence-corrected chi connectivity index (χ0v) is 15.2. The second-order valence-corrected chi connectivity index (χ2v) is 6.70. The van der Waals surface area contributed by atoms with Gasteiger partial charge in [0.05, 0.1) is 6.04 Å². The Labute approximate surface area is 159 Å². The van der Waals surface area contributed by atoms with Crippen LogP contribution in [0.3, 0.4) is 0 Å². The third-order valence-electron chi connectivity index (χ3n) is 4.94. The number of amidine groups is 1. The predicted molar refractivity (Wildman–Crippen MR) is 107 cm³/mol. The van der Waals surface area contributed by atoms with Gasteiger partial charge in [0.15, 0.2) is 5.84 Å². The summed E-state index contributed by atoms with van der Waals surface area (Å²) in [5, 5.41) is 11.5. The van der Waals surface area contributed by atoms with Gasteiger partial charge in [-0.1, -0.05) is 72.8 Å². The van der Waals surface area contributed by atoms with Crippen molar-refractivity contribution in [2.75, 3.05) is 32.7 Å². The molecule has 2 aromatic carbocycles. The van der Waals surface area contributed by atoms with Crippen molar-refractivity contribution in [2.45, 2.75) is 6.04 Å². The highest BCUT2D eigenvalue weighted by atomic mass is 15.6. The van der Waals surface area contributed by atoms with E-state index in [1.165, 1.54) is 11.1 Å². The molecule has 1 radical (unpaired) electrons. The van der Waals surface area contributed by atoms with Crippen molar-refractivity contribution in [3.8, 4) is 0 Å². The molecule has 1 atom stereocenters. The van der Waals surface area contributed by atoms with Gasteiger partial charge in [-0.3, -0.25) is 9.80 Å². The number of nitrogens with zero attached hydrogens (tertiary/aromatic N) is 6. The lowest BCUT2D eigenvalue weighted by molar-refractivity contribution is 0.125. The van der Waals surface area contributed by atoms with Crippen LogP contribution >= 0.6 is 0 Å². The number of rotatable bonds is 6. The normalized spacial score (nSPS) is 19.2. The summed E-state index contributed by atoms with van der Waals surface area (Å²) in [6.45, 7) is 4.93. The highest BCUT2D eigenvalue weighted by molar-refractivity contribution is 5.88. The summed E-state index contributed by atoms with van der Waals surface area (Å²) in [4.78, 5) is 4.89. The van der Waals surface area contributed by atoms with E-state index in [1.54, 1.807) is 0 Å². The molecule has 0 aromatic heterocycles. The molecule has 0 saturated carbocycles. The van der Waals surface area contributed by atoms with Crippen LogP contribution in [0.4, 0.5) is 0 Å². The highest BCUT2D eigenvalue weighted by Crippen LogP contribution is 2.25. The van der Waals surface area contributed by atoms with Gasteiger partial charge in [-0.15, -0.1) is 10.5 Å². The first-order valence-corrected chi connectivity index (χ1v) is 9.32. The van der Waals surface area contributed by atoms with Crippen molar-refractivity contribution < 1.29 is 0 Å². The minimum absolute atomic E-state index is 0.0169. The average molecular weight is 359 g/mol. The smallest absolute Gasteiger partial charge is 0.198 e. The minimum Gasteiger partial charge on any atom is -0.297 e. The van der Waals surface area contributed by atoms with Gasteiger partial charge < -0.3 is 0 Å². The summed E-state index contributed by atoms with van der Waals surface area (Å²) < 4.78 is 0. The van der Waals surface area contributed by atoms with Gasteiger partial charge in [0, 0.05) is 32.7 Å². The molecule has 0 spiro atoms. The molecular weight excluding hydrogens is 336 g/mol. The summed E-state index contributed by atoms with van der Waals surface area (Å²) in [5.41, 5.74) is 6.56. The topological polar surface area (TPSA) is 57.7 Å². The molecule has 1 fully saturated rings. The maximum Gasteiger partial charge on any atom is 0.198 e. The predicted octanol–water partition coefficient (Wildman–Crippen LogP) is 3.36. The lowest BCUT2D eigenvalue weighted by Crippen LogP contribution is -2.49. The zero-order chi connectivity index (χ0) is 18.3. The minimum atomic E-state index is 0.0169. The fourth-order valence-corrected chi connectivity index (χ4v) is 3.53. The molecule has 27 heavy (non-hydrogen) atoms. The highest BCUT2D eigenvalue weighted by Gasteiger charge is 2.31. The fourth-order valence-electron chi connectivity index (χ4n) is 3.53. The van der Waals surface area contributed by atoms with Gasteiger partial charge in [-0.2, -0.15) is 0 Å². The molecule has 2 heterocycles. The second-order valence-electron chi connectivity index (χ2n) is 6.70. The van der Waals surface area contributed by atoms with Crippen LogP contribution in [0.15, 0.2) is 82.3 Å². The Hall–Kier alpha value is -2.83. The van der Waals surface area contributed by atoms with E-state index in [1.807, 2.05) is 12.1 Å². The van der Waals surface area contributed by atoms with Crippen LogP contribution in [0.5, 0.6) is 0 Å². The molecule has 137 valence electrons. The Morgan fingerprint density at radius 2 is 1.56 bits per heavy atom. The summed E-state index contributed by atoms with van der Waals surface area (Å²) in [7, 11) is 0. The second kappa shape index (κ2) is 8.70. The summed E-state index contributed by atoms with van der Waals surface area (Å²) in [5.74, 6) is 0.679. The summed E-state index contributed by atoms with van der Waals surface area (Å²) in [6, 6.07) is 20.8. The molecule has 6 heteroatoms. The Kier molecular flexibility index (Phi) is 5.67. The molecule has 1 saturated heterocycles. The van der Waals surface area contributed by atoms with Crippen molar-refractivity contribution in [3.05, 3.63) is 77.9 Å². The maximum atomic E-state index is 4.13. The Morgan fingerprint density at radius 3 is 2.22 bits per heavy atom. The molecule has 2 aliphatic rings. The molecule has 1 unspecified atom stereocenters. The summed E-state index contributed by atoms with van der Waals surface area (Å²) >= 11 is 0. The molecule has 6 nitrogen and oxygen atoms in total. The largest absolute Gasteiger partial charge is 0.297 e. The van der Waals surface area contributed by atoms with E-state index in [9.17, 15) is 0 Å². The standard InChI is InChI=1S/C21H23N6/c1-3-8-18(9-4-1)10-7-13-26-14-16-27(17-15-26)20(21-22-24-25-23-21)19-11-5-2-6-12-19/h1-12,20H,13-17H2. The van der Waals surface area contributed by atoms with E-state index in [0.717, 1.165) is 32.7 Å². The van der Waals surface area contributed by atoms with Crippen molar-refractivity contribution in [3.63, 3.8) is 0 Å². The molecule has 0 N–H and O–H groups in total. The van der Waals surface area contributed by atoms with Crippen LogP contribution in [-0.4, -0.2) is 48.4 Å². The molecular formula is C21H23N6. The van der Waals surface area contributed by atoms with Crippen molar-refractivity contribution >= 4 is 11.9 Å². The molecule has 2 aromatic rings. The van der Waals surface area contributed by atoms with Gasteiger partial charge >= 0.3 is 0 Å². The van der Waals surface area contributed by atoms with E-state index >= 15 is 0 Å².